The zero-order chi connectivity index (χ0) is 17.6. The van der Waals surface area contributed by atoms with Crippen molar-refractivity contribution in [2.45, 2.75) is 39.7 Å². The largest absolute Gasteiger partial charge is 0.478 e. The molecule has 25 heavy (non-hydrogen) atoms. The number of nitrogens with one attached hydrogen (secondary N) is 1. The smallest absolute Gasteiger partial charge is 0.293 e. The van der Waals surface area contributed by atoms with Gasteiger partial charge in [-0.25, -0.2) is 4.98 Å². The number of likely N-dealkylation sites (tertiary alicyclic amines) is 1. The van der Waals surface area contributed by atoms with Gasteiger partial charge in [-0.15, -0.1) is 0 Å². The molecule has 0 aromatic carbocycles. The molecule has 1 unspecified atom stereocenters. The molecule has 0 bridgehead atoms. The molecule has 1 N–H and O–H groups in total. The van der Waals surface area contributed by atoms with Crippen molar-refractivity contribution in [2.24, 2.45) is 5.92 Å². The minimum absolute atomic E-state index is 0.298. The fourth-order valence-electron chi connectivity index (χ4n) is 3.45. The zero-order valence-corrected chi connectivity index (χ0v) is 15.4. The van der Waals surface area contributed by atoms with E-state index in [1.165, 1.54) is 12.0 Å². The predicted molar refractivity (Wildman–Crippen MR) is 97.0 cm³/mol. The summed E-state index contributed by atoms with van der Waals surface area (Å²) in [6.45, 7) is 9.63. The molecular weight excluding hydrogens is 316 g/mol. The molecule has 0 saturated carbocycles. The van der Waals surface area contributed by atoms with Gasteiger partial charge in [0.2, 0.25) is 5.88 Å². The van der Waals surface area contributed by atoms with Gasteiger partial charge in [-0.2, -0.15) is 4.98 Å². The topological polar surface area (TPSA) is 63.3 Å². The average Bonchev–Trinajstić information content (AvgIpc) is 3.25. The number of ether oxygens (including phenoxy) is 2. The summed E-state index contributed by atoms with van der Waals surface area (Å²) in [6.07, 6.45) is 6.07. The van der Waals surface area contributed by atoms with Crippen LogP contribution in [0.5, 0.6) is 11.9 Å². The van der Waals surface area contributed by atoms with Crippen LogP contribution in [0.25, 0.3) is 0 Å². The normalized spacial score (nSPS) is 19.1. The van der Waals surface area contributed by atoms with Crippen molar-refractivity contribution in [3.05, 3.63) is 35.8 Å². The lowest BCUT2D eigenvalue weighted by atomic mass is 9.99. The number of aromatic amines is 1. The molecule has 3 heterocycles. The van der Waals surface area contributed by atoms with Crippen molar-refractivity contribution in [3.8, 4) is 11.9 Å². The van der Waals surface area contributed by atoms with Crippen LogP contribution in [0.3, 0.4) is 0 Å². The highest BCUT2D eigenvalue weighted by Crippen LogP contribution is 2.29. The van der Waals surface area contributed by atoms with Crippen LogP contribution in [0.4, 0.5) is 0 Å². The first-order valence-electron chi connectivity index (χ1n) is 9.19. The minimum Gasteiger partial charge on any atom is -0.478 e. The maximum Gasteiger partial charge on any atom is 0.293 e. The Hall–Kier alpha value is -2.08. The van der Waals surface area contributed by atoms with Crippen molar-refractivity contribution in [1.29, 1.82) is 0 Å². The number of H-pyrrole nitrogens is 1. The Morgan fingerprint density at radius 1 is 1.32 bits per heavy atom. The van der Waals surface area contributed by atoms with Gasteiger partial charge in [0.15, 0.2) is 0 Å². The Labute approximate surface area is 149 Å². The number of hydrogen-bond donors (Lipinski definition) is 1. The summed E-state index contributed by atoms with van der Waals surface area (Å²) in [6, 6.07) is 5.07. The van der Waals surface area contributed by atoms with E-state index in [1.54, 1.807) is 0 Å². The molecule has 1 saturated heterocycles. The molecule has 136 valence electrons. The molecule has 0 spiro atoms. The lowest BCUT2D eigenvalue weighted by molar-refractivity contribution is 0.247. The van der Waals surface area contributed by atoms with Crippen molar-refractivity contribution in [1.82, 2.24) is 19.9 Å². The van der Waals surface area contributed by atoms with Crippen molar-refractivity contribution in [2.75, 3.05) is 26.3 Å². The minimum atomic E-state index is 0.298. The summed E-state index contributed by atoms with van der Waals surface area (Å²) in [7, 11) is 0. The lowest BCUT2D eigenvalue weighted by Gasteiger charge is -2.22. The van der Waals surface area contributed by atoms with Gasteiger partial charge >= 0.3 is 0 Å². The van der Waals surface area contributed by atoms with E-state index in [4.69, 9.17) is 9.47 Å². The number of rotatable bonds is 8. The highest BCUT2D eigenvalue weighted by Gasteiger charge is 2.28. The Morgan fingerprint density at radius 2 is 2.16 bits per heavy atom. The molecular formula is C19H28N4O2. The molecule has 0 aliphatic carbocycles. The average molecular weight is 344 g/mol. The third-order valence-corrected chi connectivity index (χ3v) is 4.76. The quantitative estimate of drug-likeness (QED) is 0.796. The molecule has 6 nitrogen and oxygen atoms in total. The zero-order valence-electron chi connectivity index (χ0n) is 15.4. The third kappa shape index (κ3) is 4.51. The summed E-state index contributed by atoms with van der Waals surface area (Å²) in [5.74, 6) is 1.38. The summed E-state index contributed by atoms with van der Waals surface area (Å²) in [5, 5.41) is 0. The van der Waals surface area contributed by atoms with Crippen LogP contribution in [0.2, 0.25) is 0 Å². The number of pyridine rings is 1. The van der Waals surface area contributed by atoms with Crippen LogP contribution in [0.15, 0.2) is 24.5 Å². The first-order valence-corrected chi connectivity index (χ1v) is 9.19. The number of aromatic nitrogens is 3. The molecule has 1 fully saturated rings. The van der Waals surface area contributed by atoms with Crippen LogP contribution in [0.1, 0.15) is 44.5 Å². The van der Waals surface area contributed by atoms with Crippen molar-refractivity contribution in [3.63, 3.8) is 0 Å². The molecule has 1 aliphatic rings. The highest BCUT2D eigenvalue weighted by molar-refractivity contribution is 5.21. The molecule has 2 atom stereocenters. The van der Waals surface area contributed by atoms with Gasteiger partial charge in [-0.3, -0.25) is 4.90 Å². The van der Waals surface area contributed by atoms with E-state index in [0.717, 1.165) is 31.1 Å². The van der Waals surface area contributed by atoms with Gasteiger partial charge < -0.3 is 14.5 Å². The fourth-order valence-corrected chi connectivity index (χ4v) is 3.45. The third-order valence-electron chi connectivity index (χ3n) is 4.76. The van der Waals surface area contributed by atoms with Gasteiger partial charge in [0.1, 0.15) is 0 Å². The summed E-state index contributed by atoms with van der Waals surface area (Å²) < 4.78 is 10.9. The summed E-state index contributed by atoms with van der Waals surface area (Å²) >= 11 is 0. The van der Waals surface area contributed by atoms with Crippen LogP contribution >= 0.6 is 0 Å². The highest BCUT2D eigenvalue weighted by atomic mass is 16.5. The van der Waals surface area contributed by atoms with Crippen molar-refractivity contribution < 1.29 is 9.47 Å². The van der Waals surface area contributed by atoms with E-state index in [9.17, 15) is 0 Å². The van der Waals surface area contributed by atoms with Gasteiger partial charge in [-0.1, -0.05) is 0 Å². The fraction of sp³-hybridized carbons (Fsp3) is 0.579. The van der Waals surface area contributed by atoms with E-state index in [0.29, 0.717) is 31.2 Å². The summed E-state index contributed by atoms with van der Waals surface area (Å²) in [4.78, 5) is 14.4. The van der Waals surface area contributed by atoms with Crippen LogP contribution in [0, 0.1) is 5.92 Å². The molecule has 2 aromatic heterocycles. The first-order chi connectivity index (χ1) is 12.2. The maximum atomic E-state index is 5.51. The number of hydrogen-bond acceptors (Lipinski definition) is 5. The number of nitrogens with zero attached hydrogens (tertiary/aromatic N) is 3. The second-order valence-electron chi connectivity index (χ2n) is 6.53. The van der Waals surface area contributed by atoms with Gasteiger partial charge in [-0.05, 0) is 57.7 Å². The second-order valence-corrected chi connectivity index (χ2v) is 6.53. The Kier molecular flexibility index (Phi) is 5.91. The molecule has 2 aromatic rings. The van der Waals surface area contributed by atoms with Gasteiger partial charge in [0, 0.05) is 25.0 Å². The van der Waals surface area contributed by atoms with E-state index < -0.39 is 0 Å². The van der Waals surface area contributed by atoms with Crippen LogP contribution in [-0.4, -0.2) is 46.2 Å². The van der Waals surface area contributed by atoms with E-state index in [1.807, 2.05) is 26.2 Å². The number of imidazole rings is 1. The second kappa shape index (κ2) is 8.34. The lowest BCUT2D eigenvalue weighted by Crippen LogP contribution is -2.25. The Balaban J connectivity index is 1.56. The monoisotopic (exact) mass is 344 g/mol. The maximum absolute atomic E-state index is 5.51. The molecule has 6 heteroatoms. The molecule has 3 rings (SSSR count). The van der Waals surface area contributed by atoms with E-state index in [-0.39, 0.29) is 0 Å². The predicted octanol–water partition coefficient (Wildman–Crippen LogP) is 3.23. The first kappa shape index (κ1) is 17.7. The standard InChI is InChI=1S/C19H28N4O2/c1-4-24-18-11-15(6-8-20-18)10-16-7-9-23(13-16)14(3)17-12-21-19(22-17)25-5-2/h6,8,11-12,14,16H,4-5,7,9-10,13H2,1-3H3,(H,21,22)/t14?,16-/m0/s1. The SMILES string of the molecule is CCOc1cc(C[C@@H]2CCN(C(C)c3c[nH]c(OCC)n3)C2)ccn1. The molecule has 1 aliphatic heterocycles. The van der Waals surface area contributed by atoms with Crippen LogP contribution < -0.4 is 9.47 Å². The Bertz CT molecular complexity index is 673. The summed E-state index contributed by atoms with van der Waals surface area (Å²) in [5.41, 5.74) is 2.35. The van der Waals surface area contributed by atoms with Crippen LogP contribution in [-0.2, 0) is 6.42 Å². The molecule has 0 radical (unpaired) electrons. The van der Waals surface area contributed by atoms with E-state index in [2.05, 4.69) is 38.9 Å². The van der Waals surface area contributed by atoms with Crippen molar-refractivity contribution >= 4 is 0 Å². The Morgan fingerprint density at radius 3 is 2.96 bits per heavy atom. The molecule has 0 amide bonds. The van der Waals surface area contributed by atoms with E-state index >= 15 is 0 Å². The van der Waals surface area contributed by atoms with Gasteiger partial charge in [0.05, 0.1) is 24.9 Å². The van der Waals surface area contributed by atoms with Gasteiger partial charge in [0.25, 0.3) is 6.01 Å².